The van der Waals surface area contributed by atoms with Crippen molar-refractivity contribution in [1.29, 1.82) is 0 Å². The fraction of sp³-hybridized carbons (Fsp3) is 0.529. The molecule has 0 saturated carbocycles. The second-order valence-corrected chi connectivity index (χ2v) is 7.27. The van der Waals surface area contributed by atoms with Crippen molar-refractivity contribution < 1.29 is 9.59 Å². The summed E-state index contributed by atoms with van der Waals surface area (Å²) >= 11 is 6.00. The highest BCUT2D eigenvalue weighted by Gasteiger charge is 2.43. The van der Waals surface area contributed by atoms with E-state index in [2.05, 4.69) is 6.92 Å². The van der Waals surface area contributed by atoms with Crippen molar-refractivity contribution in [1.82, 2.24) is 4.90 Å². The Bertz CT molecular complexity index is 640. The molecule has 0 bridgehead atoms. The van der Waals surface area contributed by atoms with E-state index in [1.165, 1.54) is 0 Å². The van der Waals surface area contributed by atoms with Gasteiger partial charge in [0, 0.05) is 30.3 Å². The van der Waals surface area contributed by atoms with Crippen LogP contribution in [0.2, 0.25) is 5.02 Å². The van der Waals surface area contributed by atoms with Gasteiger partial charge in [-0.1, -0.05) is 24.6 Å². The Balaban J connectivity index is 0.00000208. The summed E-state index contributed by atoms with van der Waals surface area (Å²) in [4.78, 5) is 28.8. The van der Waals surface area contributed by atoms with Crippen LogP contribution in [0.4, 0.5) is 5.69 Å². The van der Waals surface area contributed by atoms with Gasteiger partial charge in [0.25, 0.3) is 0 Å². The molecule has 2 aliphatic heterocycles. The molecule has 2 aliphatic rings. The van der Waals surface area contributed by atoms with Crippen LogP contribution in [-0.2, 0) is 9.59 Å². The topological polar surface area (TPSA) is 66.6 Å². The van der Waals surface area contributed by atoms with E-state index >= 15 is 0 Å². The van der Waals surface area contributed by atoms with E-state index in [0.29, 0.717) is 37.6 Å². The molecule has 2 unspecified atom stereocenters. The van der Waals surface area contributed by atoms with Crippen LogP contribution in [0.1, 0.15) is 19.8 Å². The number of nitrogens with zero attached hydrogens (tertiary/aromatic N) is 2. The number of likely N-dealkylation sites (tertiary alicyclic amines) is 1. The molecule has 0 spiro atoms. The van der Waals surface area contributed by atoms with Crippen LogP contribution >= 0.6 is 24.0 Å². The third kappa shape index (κ3) is 3.53. The second-order valence-electron chi connectivity index (χ2n) is 6.84. The molecule has 1 aromatic carbocycles. The first-order chi connectivity index (χ1) is 10.9. The smallest absolute Gasteiger partial charge is 0.239 e. The van der Waals surface area contributed by atoms with Gasteiger partial charge >= 0.3 is 0 Å². The maximum Gasteiger partial charge on any atom is 0.239 e. The molecule has 24 heavy (non-hydrogen) atoms. The van der Waals surface area contributed by atoms with E-state index in [9.17, 15) is 9.59 Å². The summed E-state index contributed by atoms with van der Waals surface area (Å²) in [7, 11) is 0. The van der Waals surface area contributed by atoms with Crippen molar-refractivity contribution in [2.45, 2.75) is 19.8 Å². The number of carbonyl (C=O) groups excluding carboxylic acids is 2. The minimum atomic E-state index is -0.575. The number of amides is 2. The molecule has 1 aromatic rings. The van der Waals surface area contributed by atoms with Gasteiger partial charge in [0.05, 0.1) is 0 Å². The largest absolute Gasteiger partial charge is 0.341 e. The molecule has 3 rings (SSSR count). The molecular weight excluding hydrogens is 349 g/mol. The molecular formula is C17H23Cl2N3O2. The maximum atomic E-state index is 12.7. The van der Waals surface area contributed by atoms with Crippen molar-refractivity contribution in [2.75, 3.05) is 31.1 Å². The van der Waals surface area contributed by atoms with Crippen LogP contribution in [0, 0.1) is 11.3 Å². The lowest BCUT2D eigenvalue weighted by molar-refractivity contribution is -0.139. The molecule has 132 valence electrons. The van der Waals surface area contributed by atoms with E-state index in [4.69, 9.17) is 17.3 Å². The van der Waals surface area contributed by atoms with Crippen LogP contribution in [0.25, 0.3) is 0 Å². The van der Waals surface area contributed by atoms with Crippen LogP contribution in [0.15, 0.2) is 24.3 Å². The van der Waals surface area contributed by atoms with Gasteiger partial charge in [0.1, 0.15) is 5.92 Å². The van der Waals surface area contributed by atoms with Gasteiger partial charge in [-0.15, -0.1) is 12.4 Å². The Hall–Kier alpha value is -1.30. The van der Waals surface area contributed by atoms with Gasteiger partial charge < -0.3 is 15.5 Å². The quantitative estimate of drug-likeness (QED) is 0.828. The zero-order valence-corrected chi connectivity index (χ0v) is 15.3. The minimum Gasteiger partial charge on any atom is -0.341 e. The Kier molecular flexibility index (Phi) is 5.78. The Labute approximate surface area is 153 Å². The van der Waals surface area contributed by atoms with Crippen molar-refractivity contribution in [2.24, 2.45) is 17.1 Å². The predicted octanol–water partition coefficient (Wildman–Crippen LogP) is 2.31. The second kappa shape index (κ2) is 7.30. The summed E-state index contributed by atoms with van der Waals surface area (Å²) in [6, 6.07) is 7.19. The molecule has 2 fully saturated rings. The highest BCUT2D eigenvalue weighted by atomic mass is 35.5. The summed E-state index contributed by atoms with van der Waals surface area (Å²) < 4.78 is 0. The van der Waals surface area contributed by atoms with Gasteiger partial charge in [-0.05, 0) is 43.0 Å². The number of carbonyl (C=O) groups is 2. The fourth-order valence-corrected chi connectivity index (χ4v) is 3.59. The van der Waals surface area contributed by atoms with Gasteiger partial charge in [0.15, 0.2) is 0 Å². The average Bonchev–Trinajstić information content (AvgIpc) is 3.11. The van der Waals surface area contributed by atoms with Crippen LogP contribution in [0.5, 0.6) is 0 Å². The molecule has 2 heterocycles. The van der Waals surface area contributed by atoms with Crippen LogP contribution < -0.4 is 10.6 Å². The third-order valence-electron chi connectivity index (χ3n) is 4.99. The number of benzene rings is 1. The van der Waals surface area contributed by atoms with Crippen molar-refractivity contribution in [3.63, 3.8) is 0 Å². The lowest BCUT2D eigenvalue weighted by atomic mass is 9.90. The monoisotopic (exact) mass is 371 g/mol. The Morgan fingerprint density at radius 3 is 2.79 bits per heavy atom. The molecule has 5 nitrogen and oxygen atoms in total. The van der Waals surface area contributed by atoms with Crippen molar-refractivity contribution >= 4 is 41.5 Å². The van der Waals surface area contributed by atoms with Gasteiger partial charge in [0.2, 0.25) is 11.8 Å². The molecule has 2 saturated heterocycles. The first-order valence-electron chi connectivity index (χ1n) is 7.99. The summed E-state index contributed by atoms with van der Waals surface area (Å²) in [5.41, 5.74) is 6.53. The van der Waals surface area contributed by atoms with Crippen LogP contribution in [0.3, 0.4) is 0 Å². The summed E-state index contributed by atoms with van der Waals surface area (Å²) in [5, 5.41) is 0.586. The normalized spacial score (nSPS) is 26.6. The van der Waals surface area contributed by atoms with E-state index in [1.807, 2.05) is 12.1 Å². The molecule has 2 amide bonds. The van der Waals surface area contributed by atoms with Gasteiger partial charge in [-0.2, -0.15) is 0 Å². The minimum absolute atomic E-state index is 0. The van der Waals surface area contributed by atoms with Gasteiger partial charge in [-0.3, -0.25) is 9.59 Å². The van der Waals surface area contributed by atoms with Crippen LogP contribution in [-0.4, -0.2) is 42.9 Å². The summed E-state index contributed by atoms with van der Waals surface area (Å²) in [5.74, 6) is -0.760. The number of nitrogens with two attached hydrogens (primary N) is 1. The molecule has 2 atom stereocenters. The Morgan fingerprint density at radius 2 is 2.17 bits per heavy atom. The van der Waals surface area contributed by atoms with E-state index < -0.39 is 5.92 Å². The maximum absolute atomic E-state index is 12.7. The number of hydrogen-bond acceptors (Lipinski definition) is 3. The fourth-order valence-electron chi connectivity index (χ4n) is 3.41. The predicted molar refractivity (Wildman–Crippen MR) is 97.5 cm³/mol. The Morgan fingerprint density at radius 1 is 1.42 bits per heavy atom. The lowest BCUT2D eigenvalue weighted by Crippen LogP contribution is -2.40. The summed E-state index contributed by atoms with van der Waals surface area (Å²) in [6.45, 7) is 4.54. The molecule has 7 heteroatoms. The lowest BCUT2D eigenvalue weighted by Gasteiger charge is -2.24. The molecule has 0 aromatic heterocycles. The zero-order valence-electron chi connectivity index (χ0n) is 13.7. The highest BCUT2D eigenvalue weighted by molar-refractivity contribution is 6.31. The number of rotatable bonds is 3. The van der Waals surface area contributed by atoms with E-state index in [0.717, 1.165) is 12.1 Å². The molecule has 0 radical (unpaired) electrons. The number of halogens is 2. The number of hydrogen-bond donors (Lipinski definition) is 1. The average molecular weight is 372 g/mol. The first kappa shape index (κ1) is 19.0. The SMILES string of the molecule is CC1(CN)CCN(C(=O)C2CCN(c3cccc(Cl)c3)C2=O)C1.Cl. The molecule has 2 N–H and O–H groups in total. The van der Waals surface area contributed by atoms with E-state index in [-0.39, 0.29) is 29.6 Å². The van der Waals surface area contributed by atoms with E-state index in [1.54, 1.807) is 21.9 Å². The number of anilines is 1. The van der Waals surface area contributed by atoms with Crippen molar-refractivity contribution in [3.8, 4) is 0 Å². The first-order valence-corrected chi connectivity index (χ1v) is 8.37. The highest BCUT2D eigenvalue weighted by Crippen LogP contribution is 2.33. The standard InChI is InChI=1S/C17H22ClN3O2.ClH/c1-17(10-19)6-8-20(11-17)15(22)14-5-7-21(16(14)23)13-4-2-3-12(18)9-13;/h2-4,9,14H,5-8,10-11,19H2,1H3;1H. The molecule has 0 aliphatic carbocycles. The zero-order chi connectivity index (χ0) is 16.6. The van der Waals surface area contributed by atoms with Gasteiger partial charge in [-0.25, -0.2) is 0 Å². The van der Waals surface area contributed by atoms with Crippen molar-refractivity contribution in [3.05, 3.63) is 29.3 Å². The summed E-state index contributed by atoms with van der Waals surface area (Å²) in [6.07, 6.45) is 1.45. The third-order valence-corrected chi connectivity index (χ3v) is 5.22.